The molecular weight excluding hydrogens is 418 g/mol. The Hall–Kier alpha value is -2.14. The highest BCUT2D eigenvalue weighted by atomic mass is 32.2. The lowest BCUT2D eigenvalue weighted by molar-refractivity contribution is -0.197. The number of nitrogens with zero attached hydrogens (tertiary/aromatic N) is 1. The zero-order valence-corrected chi connectivity index (χ0v) is 18.3. The number of amides is 2. The van der Waals surface area contributed by atoms with Crippen LogP contribution in [0, 0.1) is 11.8 Å². The molecule has 0 radical (unpaired) electrons. The maximum atomic E-state index is 12.0. The SMILES string of the molecule is CC(=O)OCC1OC(SCCC(=O)ON2C(=O)CCC2=O)C(C)C(C)C1OC(C)=O. The Balaban J connectivity index is 1.90. The van der Waals surface area contributed by atoms with Gasteiger partial charge in [0, 0.05) is 38.4 Å². The average Bonchev–Trinajstić information content (AvgIpc) is 2.97. The number of carbonyl (C=O) groups is 5. The first-order valence-electron chi connectivity index (χ1n) is 9.74. The lowest BCUT2D eigenvalue weighted by Gasteiger charge is -2.43. The van der Waals surface area contributed by atoms with E-state index in [2.05, 4.69) is 0 Å². The summed E-state index contributed by atoms with van der Waals surface area (Å²) in [5.41, 5.74) is -0.338. The minimum Gasteiger partial charge on any atom is -0.463 e. The van der Waals surface area contributed by atoms with Crippen LogP contribution in [0.1, 0.15) is 47.0 Å². The maximum Gasteiger partial charge on any atom is 0.334 e. The number of ether oxygens (including phenoxy) is 3. The second-order valence-corrected chi connectivity index (χ2v) is 8.51. The van der Waals surface area contributed by atoms with Crippen LogP contribution in [0.15, 0.2) is 0 Å². The van der Waals surface area contributed by atoms with Crippen LogP contribution >= 0.6 is 11.8 Å². The van der Waals surface area contributed by atoms with Gasteiger partial charge in [0.25, 0.3) is 11.8 Å². The summed E-state index contributed by atoms with van der Waals surface area (Å²) in [5.74, 6) is -2.42. The number of imide groups is 1. The van der Waals surface area contributed by atoms with Crippen LogP contribution < -0.4 is 0 Å². The van der Waals surface area contributed by atoms with Gasteiger partial charge in [-0.15, -0.1) is 16.8 Å². The van der Waals surface area contributed by atoms with E-state index in [0.717, 1.165) is 0 Å². The van der Waals surface area contributed by atoms with Crippen molar-refractivity contribution in [3.63, 3.8) is 0 Å². The maximum absolute atomic E-state index is 12.0. The first-order valence-corrected chi connectivity index (χ1v) is 10.8. The molecule has 5 unspecified atom stereocenters. The van der Waals surface area contributed by atoms with Crippen molar-refractivity contribution in [1.29, 1.82) is 0 Å². The van der Waals surface area contributed by atoms with Gasteiger partial charge in [-0.2, -0.15) is 0 Å². The molecule has 5 atom stereocenters. The third-order valence-corrected chi connectivity index (χ3v) is 6.30. The molecule has 0 aromatic carbocycles. The van der Waals surface area contributed by atoms with E-state index in [-0.39, 0.29) is 43.1 Å². The topological polar surface area (TPSA) is 126 Å². The molecule has 2 aliphatic rings. The fourth-order valence-corrected chi connectivity index (χ4v) is 4.51. The molecule has 168 valence electrons. The van der Waals surface area contributed by atoms with Crippen LogP contribution in [-0.4, -0.2) is 64.8 Å². The van der Waals surface area contributed by atoms with Gasteiger partial charge in [0.2, 0.25) is 0 Å². The third kappa shape index (κ3) is 6.43. The van der Waals surface area contributed by atoms with Gasteiger partial charge < -0.3 is 19.0 Å². The molecule has 2 amide bonds. The monoisotopic (exact) mass is 445 g/mol. The molecular formula is C19H27NO9S. The fourth-order valence-electron chi connectivity index (χ4n) is 3.22. The van der Waals surface area contributed by atoms with Crippen molar-refractivity contribution in [2.75, 3.05) is 12.4 Å². The Morgan fingerprint density at radius 2 is 1.70 bits per heavy atom. The van der Waals surface area contributed by atoms with Crippen molar-refractivity contribution in [3.05, 3.63) is 0 Å². The minimum atomic E-state index is -0.683. The number of esters is 2. The van der Waals surface area contributed by atoms with Crippen molar-refractivity contribution in [2.24, 2.45) is 11.8 Å². The highest BCUT2D eigenvalue weighted by molar-refractivity contribution is 7.99. The van der Waals surface area contributed by atoms with Crippen LogP contribution in [0.25, 0.3) is 0 Å². The quantitative estimate of drug-likeness (QED) is 0.397. The van der Waals surface area contributed by atoms with Crippen LogP contribution in [0.5, 0.6) is 0 Å². The summed E-state index contributed by atoms with van der Waals surface area (Å²) in [7, 11) is 0. The standard InChI is InChI=1S/C19H27NO9S/c1-10-11(2)19(28-14(9-26-12(3)21)18(10)27-13(4)22)30-8-7-17(25)29-20-15(23)5-6-16(20)24/h10-11,14,18-19H,5-9H2,1-4H3. The van der Waals surface area contributed by atoms with E-state index in [0.29, 0.717) is 10.8 Å². The van der Waals surface area contributed by atoms with E-state index in [1.165, 1.54) is 25.6 Å². The molecule has 30 heavy (non-hydrogen) atoms. The Morgan fingerprint density at radius 1 is 1.07 bits per heavy atom. The van der Waals surface area contributed by atoms with E-state index in [4.69, 9.17) is 19.0 Å². The van der Waals surface area contributed by atoms with Crippen molar-refractivity contribution in [1.82, 2.24) is 5.06 Å². The van der Waals surface area contributed by atoms with Crippen molar-refractivity contribution < 1.29 is 43.0 Å². The fraction of sp³-hybridized carbons (Fsp3) is 0.737. The van der Waals surface area contributed by atoms with Gasteiger partial charge in [-0.1, -0.05) is 13.8 Å². The predicted molar refractivity (Wildman–Crippen MR) is 103 cm³/mol. The molecule has 2 saturated heterocycles. The summed E-state index contributed by atoms with van der Waals surface area (Å²) >= 11 is 1.36. The van der Waals surface area contributed by atoms with Gasteiger partial charge in [0.15, 0.2) is 0 Å². The number of hydrogen-bond acceptors (Lipinski definition) is 10. The first-order chi connectivity index (χ1) is 14.1. The summed E-state index contributed by atoms with van der Waals surface area (Å²) in [6.45, 7) is 6.41. The second-order valence-electron chi connectivity index (χ2n) is 7.30. The Bertz CT molecular complexity index is 681. The van der Waals surface area contributed by atoms with Gasteiger partial charge in [-0.25, -0.2) is 4.79 Å². The summed E-state index contributed by atoms with van der Waals surface area (Å²) in [4.78, 5) is 62.5. The molecule has 2 fully saturated rings. The zero-order chi connectivity index (χ0) is 22.4. The molecule has 2 aliphatic heterocycles. The van der Waals surface area contributed by atoms with E-state index in [9.17, 15) is 24.0 Å². The number of hydroxylamine groups is 2. The normalized spacial score (nSPS) is 28.9. The molecule has 0 saturated carbocycles. The Labute approximate surface area is 178 Å². The van der Waals surface area contributed by atoms with E-state index >= 15 is 0 Å². The lowest BCUT2D eigenvalue weighted by atomic mass is 9.85. The Morgan fingerprint density at radius 3 is 2.27 bits per heavy atom. The minimum absolute atomic E-state index is 0.0225. The number of hydrogen-bond donors (Lipinski definition) is 0. The third-order valence-electron chi connectivity index (χ3n) is 4.99. The number of rotatable bonds is 8. The molecule has 2 rings (SSSR count). The molecule has 0 aliphatic carbocycles. The van der Waals surface area contributed by atoms with E-state index < -0.39 is 41.9 Å². The summed E-state index contributed by atoms with van der Waals surface area (Å²) in [6, 6.07) is 0. The van der Waals surface area contributed by atoms with Gasteiger partial charge in [0.1, 0.15) is 24.3 Å². The highest BCUT2D eigenvalue weighted by Gasteiger charge is 2.44. The number of thioether (sulfide) groups is 1. The molecule has 0 bridgehead atoms. The van der Waals surface area contributed by atoms with Crippen LogP contribution in [0.4, 0.5) is 0 Å². The van der Waals surface area contributed by atoms with Gasteiger partial charge in [-0.3, -0.25) is 19.2 Å². The van der Waals surface area contributed by atoms with E-state index in [1.807, 2.05) is 13.8 Å². The van der Waals surface area contributed by atoms with Crippen molar-refractivity contribution in [2.45, 2.75) is 64.6 Å². The molecule has 10 nitrogen and oxygen atoms in total. The van der Waals surface area contributed by atoms with Crippen molar-refractivity contribution in [3.8, 4) is 0 Å². The predicted octanol–water partition coefficient (Wildman–Crippen LogP) is 1.21. The van der Waals surface area contributed by atoms with E-state index in [1.54, 1.807) is 0 Å². The zero-order valence-electron chi connectivity index (χ0n) is 17.5. The molecule has 2 heterocycles. The highest BCUT2D eigenvalue weighted by Crippen LogP contribution is 2.38. The molecule has 0 aromatic heterocycles. The number of carbonyl (C=O) groups excluding carboxylic acids is 5. The molecule has 0 spiro atoms. The molecule has 11 heteroatoms. The summed E-state index contributed by atoms with van der Waals surface area (Å²) in [6.07, 6.45) is -1.14. The van der Waals surface area contributed by atoms with Gasteiger partial charge in [-0.05, 0) is 5.92 Å². The van der Waals surface area contributed by atoms with Crippen LogP contribution in [0.2, 0.25) is 0 Å². The smallest absolute Gasteiger partial charge is 0.334 e. The average molecular weight is 445 g/mol. The summed E-state index contributed by atoms with van der Waals surface area (Å²) < 4.78 is 16.5. The Kier molecular flexibility index (Phi) is 8.65. The van der Waals surface area contributed by atoms with Gasteiger partial charge >= 0.3 is 17.9 Å². The first kappa shape index (κ1) is 24.1. The van der Waals surface area contributed by atoms with Crippen molar-refractivity contribution >= 4 is 41.5 Å². The molecule has 0 N–H and O–H groups in total. The van der Waals surface area contributed by atoms with Crippen LogP contribution in [0.3, 0.4) is 0 Å². The molecule has 0 aromatic rings. The van der Waals surface area contributed by atoms with Gasteiger partial charge in [0.05, 0.1) is 6.42 Å². The largest absolute Gasteiger partial charge is 0.463 e. The van der Waals surface area contributed by atoms with Crippen LogP contribution in [-0.2, 0) is 43.0 Å². The second kappa shape index (κ2) is 10.8. The lowest BCUT2D eigenvalue weighted by Crippen LogP contribution is -2.52. The summed E-state index contributed by atoms with van der Waals surface area (Å²) in [5, 5.41) is 0.521.